The number of pyridine rings is 1. The lowest BCUT2D eigenvalue weighted by molar-refractivity contribution is 1.09. The smallest absolute Gasteiger partial charge is 0.178 e. The van der Waals surface area contributed by atoms with Crippen LogP contribution >= 0.6 is 0 Å². The number of H-pyrrole nitrogens is 2. The van der Waals surface area contributed by atoms with Gasteiger partial charge in [-0.1, -0.05) is 0 Å². The molecule has 0 aliphatic heterocycles. The van der Waals surface area contributed by atoms with Crippen molar-refractivity contribution in [3.63, 3.8) is 0 Å². The molecule has 0 unspecified atom stereocenters. The fourth-order valence-corrected chi connectivity index (χ4v) is 1.50. The van der Waals surface area contributed by atoms with E-state index in [1.165, 1.54) is 0 Å². The van der Waals surface area contributed by atoms with E-state index in [2.05, 4.69) is 25.1 Å². The number of nitrogens with zero attached hydrogens (tertiary/aromatic N) is 3. The van der Waals surface area contributed by atoms with Gasteiger partial charge >= 0.3 is 0 Å². The Hall–Kier alpha value is -2.17. The standard InChI is InChI=1S/C10H9N5/c1-6-2-3-8-10(13-6)15-9(14-8)7-4-11-12-5-7/h2-5H,1H3,(H,11,12)(H,13,14,15). The zero-order chi connectivity index (χ0) is 10.3. The van der Waals surface area contributed by atoms with Gasteiger partial charge in [0.25, 0.3) is 0 Å². The normalized spacial score (nSPS) is 11.0. The van der Waals surface area contributed by atoms with Crippen LogP contribution in [0.15, 0.2) is 24.5 Å². The summed E-state index contributed by atoms with van der Waals surface area (Å²) in [6, 6.07) is 3.94. The summed E-state index contributed by atoms with van der Waals surface area (Å²) in [6.45, 7) is 1.95. The summed E-state index contributed by atoms with van der Waals surface area (Å²) >= 11 is 0. The van der Waals surface area contributed by atoms with Gasteiger partial charge in [-0.15, -0.1) is 0 Å². The molecule has 0 fully saturated rings. The van der Waals surface area contributed by atoms with Crippen molar-refractivity contribution in [2.75, 3.05) is 0 Å². The minimum absolute atomic E-state index is 0.742. The van der Waals surface area contributed by atoms with Crippen molar-refractivity contribution in [3.8, 4) is 11.4 Å². The van der Waals surface area contributed by atoms with E-state index in [-0.39, 0.29) is 0 Å². The molecule has 0 aromatic carbocycles. The van der Waals surface area contributed by atoms with Crippen LogP contribution < -0.4 is 0 Å². The van der Waals surface area contributed by atoms with Gasteiger partial charge in [0.1, 0.15) is 5.82 Å². The summed E-state index contributed by atoms with van der Waals surface area (Å²) < 4.78 is 0. The molecule has 0 atom stereocenters. The van der Waals surface area contributed by atoms with Crippen LogP contribution in [0.3, 0.4) is 0 Å². The second kappa shape index (κ2) is 2.91. The van der Waals surface area contributed by atoms with E-state index >= 15 is 0 Å². The van der Waals surface area contributed by atoms with E-state index in [1.54, 1.807) is 12.4 Å². The minimum Gasteiger partial charge on any atom is -0.336 e. The Kier molecular flexibility index (Phi) is 1.58. The first-order valence-electron chi connectivity index (χ1n) is 4.65. The van der Waals surface area contributed by atoms with E-state index in [1.807, 2.05) is 19.1 Å². The molecule has 5 heteroatoms. The average molecular weight is 199 g/mol. The molecule has 0 bridgehead atoms. The summed E-state index contributed by atoms with van der Waals surface area (Å²) in [5.41, 5.74) is 3.58. The summed E-state index contributed by atoms with van der Waals surface area (Å²) in [4.78, 5) is 11.9. The number of aromatic amines is 2. The van der Waals surface area contributed by atoms with E-state index in [0.29, 0.717) is 0 Å². The molecule has 2 N–H and O–H groups in total. The van der Waals surface area contributed by atoms with Gasteiger partial charge in [-0.25, -0.2) is 9.97 Å². The van der Waals surface area contributed by atoms with Crippen molar-refractivity contribution in [2.24, 2.45) is 0 Å². The minimum atomic E-state index is 0.742. The van der Waals surface area contributed by atoms with Crippen LogP contribution in [0.1, 0.15) is 5.69 Å². The van der Waals surface area contributed by atoms with Gasteiger partial charge in [0.05, 0.1) is 17.3 Å². The highest BCUT2D eigenvalue weighted by molar-refractivity contribution is 5.75. The van der Waals surface area contributed by atoms with Crippen LogP contribution in [-0.4, -0.2) is 25.1 Å². The maximum atomic E-state index is 4.39. The Morgan fingerprint density at radius 1 is 1.20 bits per heavy atom. The van der Waals surface area contributed by atoms with Crippen molar-refractivity contribution in [1.29, 1.82) is 0 Å². The van der Waals surface area contributed by atoms with Gasteiger partial charge in [-0.2, -0.15) is 5.10 Å². The molecule has 0 aliphatic carbocycles. The first kappa shape index (κ1) is 8.16. The van der Waals surface area contributed by atoms with Gasteiger partial charge in [-0.05, 0) is 19.1 Å². The molecule has 3 rings (SSSR count). The van der Waals surface area contributed by atoms with E-state index < -0.39 is 0 Å². The molecule has 0 amide bonds. The maximum absolute atomic E-state index is 4.39. The zero-order valence-corrected chi connectivity index (χ0v) is 8.15. The highest BCUT2D eigenvalue weighted by Crippen LogP contribution is 2.17. The SMILES string of the molecule is Cc1ccc2[nH]c(-c3cn[nH]c3)nc2n1. The van der Waals surface area contributed by atoms with E-state index in [9.17, 15) is 0 Å². The molecule has 3 aromatic heterocycles. The highest BCUT2D eigenvalue weighted by atomic mass is 15.1. The molecule has 74 valence electrons. The first-order valence-corrected chi connectivity index (χ1v) is 4.65. The molecular formula is C10H9N5. The maximum Gasteiger partial charge on any atom is 0.178 e. The fraction of sp³-hybridized carbons (Fsp3) is 0.100. The lowest BCUT2D eigenvalue weighted by Crippen LogP contribution is -1.80. The molecule has 0 saturated heterocycles. The van der Waals surface area contributed by atoms with Gasteiger partial charge in [0, 0.05) is 11.9 Å². The average Bonchev–Trinajstić information content (AvgIpc) is 2.84. The largest absolute Gasteiger partial charge is 0.336 e. The molecule has 5 nitrogen and oxygen atoms in total. The number of imidazole rings is 1. The second-order valence-corrected chi connectivity index (χ2v) is 3.40. The van der Waals surface area contributed by atoms with Crippen LogP contribution in [0.4, 0.5) is 0 Å². The Balaban J connectivity index is 2.22. The first-order chi connectivity index (χ1) is 7.33. The van der Waals surface area contributed by atoms with Crippen LogP contribution in [0.25, 0.3) is 22.6 Å². The van der Waals surface area contributed by atoms with Gasteiger partial charge < -0.3 is 4.98 Å². The Bertz CT molecular complexity index is 593. The highest BCUT2D eigenvalue weighted by Gasteiger charge is 2.06. The van der Waals surface area contributed by atoms with Crippen molar-refractivity contribution in [1.82, 2.24) is 25.1 Å². The molecule has 3 aromatic rings. The predicted molar refractivity (Wildman–Crippen MR) is 56.2 cm³/mol. The number of aromatic nitrogens is 5. The molecule has 0 aliphatic rings. The third kappa shape index (κ3) is 1.28. The summed E-state index contributed by atoms with van der Waals surface area (Å²) in [5.74, 6) is 0.789. The monoisotopic (exact) mass is 199 g/mol. The topological polar surface area (TPSA) is 70.2 Å². The van der Waals surface area contributed by atoms with E-state index in [0.717, 1.165) is 28.2 Å². The zero-order valence-electron chi connectivity index (χ0n) is 8.15. The van der Waals surface area contributed by atoms with Crippen LogP contribution in [-0.2, 0) is 0 Å². The molecule has 0 spiro atoms. The molecule has 3 heterocycles. The summed E-state index contributed by atoms with van der Waals surface area (Å²) in [7, 11) is 0. The lowest BCUT2D eigenvalue weighted by atomic mass is 10.3. The Morgan fingerprint density at radius 2 is 2.13 bits per heavy atom. The van der Waals surface area contributed by atoms with Crippen LogP contribution in [0, 0.1) is 6.92 Å². The summed E-state index contributed by atoms with van der Waals surface area (Å²) in [5, 5.41) is 6.63. The molecule has 15 heavy (non-hydrogen) atoms. The quantitative estimate of drug-likeness (QED) is 0.626. The van der Waals surface area contributed by atoms with Crippen LogP contribution in [0.2, 0.25) is 0 Å². The molecule has 0 radical (unpaired) electrons. The molecular weight excluding hydrogens is 190 g/mol. The number of rotatable bonds is 1. The number of nitrogens with one attached hydrogen (secondary N) is 2. The molecule has 0 saturated carbocycles. The Labute approximate surface area is 85.6 Å². The lowest BCUT2D eigenvalue weighted by Gasteiger charge is -1.88. The van der Waals surface area contributed by atoms with Gasteiger partial charge in [-0.3, -0.25) is 5.10 Å². The number of aryl methyl sites for hydroxylation is 1. The third-order valence-corrected chi connectivity index (χ3v) is 2.26. The third-order valence-electron chi connectivity index (χ3n) is 2.26. The van der Waals surface area contributed by atoms with Gasteiger partial charge in [0.15, 0.2) is 5.65 Å². The van der Waals surface area contributed by atoms with Gasteiger partial charge in [0.2, 0.25) is 0 Å². The number of fused-ring (bicyclic) bond motifs is 1. The second-order valence-electron chi connectivity index (χ2n) is 3.40. The Morgan fingerprint density at radius 3 is 2.93 bits per heavy atom. The van der Waals surface area contributed by atoms with Crippen molar-refractivity contribution < 1.29 is 0 Å². The summed E-state index contributed by atoms with van der Waals surface area (Å²) in [6.07, 6.45) is 3.52. The number of hydrogen-bond donors (Lipinski definition) is 2. The fourth-order valence-electron chi connectivity index (χ4n) is 1.50. The van der Waals surface area contributed by atoms with Crippen molar-refractivity contribution in [3.05, 3.63) is 30.2 Å². The van der Waals surface area contributed by atoms with E-state index in [4.69, 9.17) is 0 Å². The predicted octanol–water partition coefficient (Wildman–Crippen LogP) is 1.66. The van der Waals surface area contributed by atoms with Crippen molar-refractivity contribution in [2.45, 2.75) is 6.92 Å². The number of hydrogen-bond acceptors (Lipinski definition) is 3. The van der Waals surface area contributed by atoms with Crippen LogP contribution in [0.5, 0.6) is 0 Å². The van der Waals surface area contributed by atoms with Crippen molar-refractivity contribution >= 4 is 11.2 Å².